The van der Waals surface area contributed by atoms with Crippen molar-refractivity contribution in [3.63, 3.8) is 0 Å². The van der Waals surface area contributed by atoms with Crippen LogP contribution >= 0.6 is 0 Å². The Morgan fingerprint density at radius 1 is 1.00 bits per heavy atom. The van der Waals surface area contributed by atoms with Crippen LogP contribution in [0.2, 0.25) is 0 Å². The summed E-state index contributed by atoms with van der Waals surface area (Å²) in [5, 5.41) is 0. The number of carbonyl (C=O) groups is 2. The number of ketones is 1. The summed E-state index contributed by atoms with van der Waals surface area (Å²) < 4.78 is 22.1. The van der Waals surface area contributed by atoms with Gasteiger partial charge in [-0.3, -0.25) is 9.59 Å². The summed E-state index contributed by atoms with van der Waals surface area (Å²) in [6, 6.07) is 17.4. The molecule has 0 heterocycles. The number of rotatable bonds is 9. The molecule has 0 bridgehead atoms. The maximum atomic E-state index is 13.1. The lowest BCUT2D eigenvalue weighted by molar-refractivity contribution is -0.154. The molecule has 0 N–H and O–H groups in total. The van der Waals surface area contributed by atoms with Gasteiger partial charge in [-0.05, 0) is 35.6 Å². The van der Waals surface area contributed by atoms with Gasteiger partial charge in [0, 0.05) is 5.92 Å². The molecule has 30 heavy (non-hydrogen) atoms. The third-order valence-corrected chi connectivity index (χ3v) is 6.18. The quantitative estimate of drug-likeness (QED) is 0.467. The third-order valence-electron chi connectivity index (χ3n) is 6.18. The zero-order valence-electron chi connectivity index (χ0n) is 17.2. The van der Waals surface area contributed by atoms with Gasteiger partial charge in [-0.15, -0.1) is 0 Å². The van der Waals surface area contributed by atoms with Gasteiger partial charge in [0.1, 0.15) is 17.3 Å². The number of esters is 1. The van der Waals surface area contributed by atoms with E-state index in [1.165, 1.54) is 7.11 Å². The topological polar surface area (TPSA) is 71.1 Å². The highest BCUT2D eigenvalue weighted by atomic mass is 16.5. The van der Waals surface area contributed by atoms with E-state index in [1.807, 2.05) is 54.6 Å². The summed E-state index contributed by atoms with van der Waals surface area (Å²) >= 11 is 0. The Morgan fingerprint density at radius 2 is 1.70 bits per heavy atom. The number of ether oxygens (including phenoxy) is 4. The fraction of sp³-hybridized carbons (Fsp3) is 0.417. The van der Waals surface area contributed by atoms with E-state index in [0.717, 1.165) is 16.9 Å². The largest absolute Gasteiger partial charge is 0.497 e. The molecule has 2 aliphatic carbocycles. The van der Waals surface area contributed by atoms with Crippen molar-refractivity contribution < 1.29 is 28.5 Å². The zero-order valence-corrected chi connectivity index (χ0v) is 17.2. The maximum absolute atomic E-state index is 13.1. The minimum atomic E-state index is -1.06. The first-order valence-corrected chi connectivity index (χ1v) is 10.1. The zero-order chi connectivity index (χ0) is 21.1. The van der Waals surface area contributed by atoms with Crippen molar-refractivity contribution in [1.82, 2.24) is 0 Å². The smallest absolute Gasteiger partial charge is 0.319 e. The van der Waals surface area contributed by atoms with Crippen molar-refractivity contribution in [2.75, 3.05) is 20.8 Å². The first kappa shape index (κ1) is 20.6. The maximum Gasteiger partial charge on any atom is 0.319 e. The van der Waals surface area contributed by atoms with Crippen molar-refractivity contribution in [2.45, 2.75) is 25.7 Å². The molecule has 0 saturated heterocycles. The second-order valence-corrected chi connectivity index (χ2v) is 7.88. The monoisotopic (exact) mass is 410 g/mol. The number of Topliss-reactive ketones (excluding diaryl/α,β-unsaturated/α-hetero) is 1. The Morgan fingerprint density at radius 3 is 2.37 bits per heavy atom. The summed E-state index contributed by atoms with van der Waals surface area (Å²) in [4.78, 5) is 25.5. The second-order valence-electron chi connectivity index (χ2n) is 7.88. The van der Waals surface area contributed by atoms with E-state index in [9.17, 15) is 9.59 Å². The van der Waals surface area contributed by atoms with Crippen molar-refractivity contribution in [1.29, 1.82) is 0 Å². The van der Waals surface area contributed by atoms with E-state index in [0.29, 0.717) is 19.6 Å². The molecular weight excluding hydrogens is 384 g/mol. The number of fused-ring (bicyclic) bond motifs is 1. The Labute approximate surface area is 176 Å². The van der Waals surface area contributed by atoms with Crippen LogP contribution < -0.4 is 4.74 Å². The molecule has 0 amide bonds. The molecule has 0 spiro atoms. The predicted octanol–water partition coefficient (Wildman–Crippen LogP) is 3.18. The minimum absolute atomic E-state index is 0.0888. The molecule has 0 aliphatic heterocycles. The van der Waals surface area contributed by atoms with Crippen LogP contribution in [0.15, 0.2) is 54.6 Å². The highest BCUT2D eigenvalue weighted by Crippen LogP contribution is 2.65. The summed E-state index contributed by atoms with van der Waals surface area (Å²) in [5.41, 5.74) is 0.938. The first-order chi connectivity index (χ1) is 14.6. The molecule has 0 unspecified atom stereocenters. The van der Waals surface area contributed by atoms with Crippen LogP contribution in [0, 0.1) is 17.3 Å². The van der Waals surface area contributed by atoms with Gasteiger partial charge in [-0.25, -0.2) is 0 Å². The van der Waals surface area contributed by atoms with Gasteiger partial charge in [0.2, 0.25) is 0 Å². The molecule has 158 valence electrons. The van der Waals surface area contributed by atoms with E-state index < -0.39 is 17.5 Å². The van der Waals surface area contributed by atoms with E-state index in [4.69, 9.17) is 18.9 Å². The van der Waals surface area contributed by atoms with Crippen LogP contribution in [0.4, 0.5) is 0 Å². The normalized spacial score (nSPS) is 26.9. The summed E-state index contributed by atoms with van der Waals surface area (Å²) in [6.45, 7) is 1.09. The molecule has 0 aromatic heterocycles. The SMILES string of the molecule is COC(=O)[C@@]12C[C@@H]1[C@H](COCc1ccccc1)[C@@H](OCc1ccc(OC)cc1)C2=O. The summed E-state index contributed by atoms with van der Waals surface area (Å²) in [6.07, 6.45) is -0.166. The highest BCUT2D eigenvalue weighted by Gasteiger charge is 2.76. The van der Waals surface area contributed by atoms with Crippen LogP contribution in [0.5, 0.6) is 5.75 Å². The van der Waals surface area contributed by atoms with Crippen LogP contribution in [0.1, 0.15) is 17.5 Å². The van der Waals surface area contributed by atoms with Gasteiger partial charge >= 0.3 is 5.97 Å². The number of methoxy groups -OCH3 is 2. The predicted molar refractivity (Wildman–Crippen MR) is 109 cm³/mol. The summed E-state index contributed by atoms with van der Waals surface area (Å²) in [7, 11) is 2.94. The average molecular weight is 410 g/mol. The van der Waals surface area contributed by atoms with Crippen molar-refractivity contribution in [2.24, 2.45) is 17.3 Å². The Bertz CT molecular complexity index is 894. The van der Waals surface area contributed by atoms with E-state index in [1.54, 1.807) is 7.11 Å². The average Bonchev–Trinajstić information content (AvgIpc) is 3.50. The molecule has 0 radical (unpaired) electrons. The molecule has 2 fully saturated rings. The Kier molecular flexibility index (Phi) is 5.88. The van der Waals surface area contributed by atoms with Gasteiger partial charge in [-0.2, -0.15) is 0 Å². The Hall–Kier alpha value is -2.70. The molecule has 2 saturated carbocycles. The fourth-order valence-electron chi connectivity index (χ4n) is 4.46. The molecule has 4 atom stereocenters. The Balaban J connectivity index is 1.44. The van der Waals surface area contributed by atoms with E-state index in [-0.39, 0.29) is 24.2 Å². The van der Waals surface area contributed by atoms with Crippen LogP contribution in [0.3, 0.4) is 0 Å². The summed E-state index contributed by atoms with van der Waals surface area (Å²) in [5.74, 6) is -0.135. The van der Waals surface area contributed by atoms with Crippen LogP contribution in [-0.4, -0.2) is 38.7 Å². The van der Waals surface area contributed by atoms with Gasteiger partial charge in [0.25, 0.3) is 0 Å². The first-order valence-electron chi connectivity index (χ1n) is 10.1. The lowest BCUT2D eigenvalue weighted by Gasteiger charge is -2.22. The van der Waals surface area contributed by atoms with E-state index in [2.05, 4.69) is 0 Å². The second kappa shape index (κ2) is 8.58. The molecule has 2 aliphatic rings. The fourth-order valence-corrected chi connectivity index (χ4v) is 4.46. The number of carbonyl (C=O) groups excluding carboxylic acids is 2. The van der Waals surface area contributed by atoms with Crippen LogP contribution in [-0.2, 0) is 37.0 Å². The van der Waals surface area contributed by atoms with Crippen molar-refractivity contribution >= 4 is 11.8 Å². The number of hydrogen-bond acceptors (Lipinski definition) is 6. The molecule has 4 rings (SSSR count). The molecule has 2 aromatic rings. The standard InChI is InChI=1S/C24H26O6/c1-27-18-10-8-17(9-11-18)14-30-21-19(15-29-13-16-6-4-3-5-7-16)20-12-24(20,22(21)25)23(26)28-2/h3-11,19-21H,12-15H2,1-2H3/t19-,20+,21+,24-/m0/s1. The number of hydrogen-bond donors (Lipinski definition) is 0. The van der Waals surface area contributed by atoms with Crippen molar-refractivity contribution in [3.8, 4) is 5.75 Å². The van der Waals surface area contributed by atoms with Gasteiger partial charge < -0.3 is 18.9 Å². The van der Waals surface area contributed by atoms with Gasteiger partial charge in [-0.1, -0.05) is 42.5 Å². The molecule has 6 heteroatoms. The van der Waals surface area contributed by atoms with E-state index >= 15 is 0 Å². The lowest BCUT2D eigenvalue weighted by atomic mass is 9.99. The highest BCUT2D eigenvalue weighted by molar-refractivity contribution is 6.11. The van der Waals surface area contributed by atoms with Gasteiger partial charge in [0.15, 0.2) is 5.78 Å². The minimum Gasteiger partial charge on any atom is -0.497 e. The molecule has 2 aromatic carbocycles. The third kappa shape index (κ3) is 3.73. The number of benzene rings is 2. The molecular formula is C24H26O6. The lowest BCUT2D eigenvalue weighted by Crippen LogP contribution is -2.36. The van der Waals surface area contributed by atoms with Gasteiger partial charge in [0.05, 0.1) is 34.0 Å². The van der Waals surface area contributed by atoms with Crippen molar-refractivity contribution in [3.05, 3.63) is 65.7 Å². The molecule has 6 nitrogen and oxygen atoms in total. The van der Waals surface area contributed by atoms with Crippen LogP contribution in [0.25, 0.3) is 0 Å².